The van der Waals surface area contributed by atoms with Crippen LogP contribution in [0.25, 0.3) is 17.1 Å². The zero-order chi connectivity index (χ0) is 21.6. The molecule has 9 heteroatoms. The van der Waals surface area contributed by atoms with Gasteiger partial charge < -0.3 is 0 Å². The molecule has 1 N–H and O–H groups in total. The highest BCUT2D eigenvalue weighted by Gasteiger charge is 2.17. The second kappa shape index (κ2) is 10.0. The third-order valence-corrected chi connectivity index (χ3v) is 6.62. The molecule has 0 aliphatic carbocycles. The Morgan fingerprint density at radius 3 is 2.61 bits per heavy atom. The molecule has 0 aliphatic heterocycles. The lowest BCUT2D eigenvalue weighted by Crippen LogP contribution is -2.19. The number of halogens is 1. The molecule has 0 spiro atoms. The highest BCUT2D eigenvalue weighted by Crippen LogP contribution is 2.28. The van der Waals surface area contributed by atoms with Crippen molar-refractivity contribution in [1.82, 2.24) is 20.2 Å². The Labute approximate surface area is 196 Å². The number of rotatable bonds is 7. The van der Waals surface area contributed by atoms with Crippen molar-refractivity contribution in [3.63, 3.8) is 0 Å². The van der Waals surface area contributed by atoms with E-state index in [1.165, 1.54) is 16.6 Å². The molecule has 0 fully saturated rings. The first kappa shape index (κ1) is 21.5. The molecular weight excluding hydrogens is 494 g/mol. The molecule has 2 aromatic carbocycles. The number of nitrogens with zero attached hydrogens (tertiary/aromatic N) is 4. The van der Waals surface area contributed by atoms with Crippen LogP contribution in [0.15, 0.2) is 81.5 Å². The van der Waals surface area contributed by atoms with Crippen LogP contribution < -0.4 is 5.43 Å². The number of amides is 1. The molecule has 0 aliphatic rings. The van der Waals surface area contributed by atoms with Crippen molar-refractivity contribution < 1.29 is 4.79 Å². The molecule has 4 aromatic rings. The summed E-state index contributed by atoms with van der Waals surface area (Å²) in [5.41, 5.74) is 4.44. The van der Waals surface area contributed by atoms with E-state index in [2.05, 4.69) is 36.7 Å². The number of aromatic nitrogens is 3. The van der Waals surface area contributed by atoms with E-state index < -0.39 is 0 Å². The maximum absolute atomic E-state index is 12.3. The van der Waals surface area contributed by atoms with Crippen LogP contribution in [0, 0.1) is 6.92 Å². The first-order valence-corrected chi connectivity index (χ1v) is 12.0. The zero-order valence-corrected chi connectivity index (χ0v) is 19.7. The molecule has 6 nitrogen and oxygen atoms in total. The van der Waals surface area contributed by atoms with Gasteiger partial charge in [0.15, 0.2) is 11.0 Å². The van der Waals surface area contributed by atoms with Gasteiger partial charge in [0, 0.05) is 25.5 Å². The quantitative estimate of drug-likeness (QED) is 0.207. The number of nitrogens with one attached hydrogen (secondary N) is 1. The lowest BCUT2D eigenvalue weighted by molar-refractivity contribution is -0.118. The van der Waals surface area contributed by atoms with Gasteiger partial charge in [-0.25, -0.2) is 5.43 Å². The first-order chi connectivity index (χ1) is 15.1. The summed E-state index contributed by atoms with van der Waals surface area (Å²) < 4.78 is 2.95. The number of thiophene rings is 1. The third-order valence-electron chi connectivity index (χ3n) is 4.22. The minimum atomic E-state index is -0.206. The number of para-hydroxylation sites is 1. The van der Waals surface area contributed by atoms with E-state index in [9.17, 15) is 4.79 Å². The highest BCUT2D eigenvalue weighted by molar-refractivity contribution is 9.10. The van der Waals surface area contributed by atoms with Crippen LogP contribution in [0.5, 0.6) is 0 Å². The Kier molecular flexibility index (Phi) is 6.96. The van der Waals surface area contributed by atoms with Crippen LogP contribution in [-0.2, 0) is 4.79 Å². The van der Waals surface area contributed by atoms with E-state index in [4.69, 9.17) is 0 Å². The predicted octanol–water partition coefficient (Wildman–Crippen LogP) is 5.31. The number of hydrazone groups is 1. The van der Waals surface area contributed by atoms with Gasteiger partial charge in [-0.1, -0.05) is 58.0 Å². The van der Waals surface area contributed by atoms with E-state index in [1.54, 1.807) is 17.6 Å². The Morgan fingerprint density at radius 2 is 1.90 bits per heavy atom. The lowest BCUT2D eigenvalue weighted by Gasteiger charge is -2.10. The molecular formula is C22H18BrN5OS2. The van der Waals surface area contributed by atoms with Gasteiger partial charge in [-0.3, -0.25) is 9.36 Å². The number of aryl methyl sites for hydroxylation is 1. The number of hydrogen-bond acceptors (Lipinski definition) is 6. The molecule has 156 valence electrons. The fourth-order valence-electron chi connectivity index (χ4n) is 2.81. The first-order valence-electron chi connectivity index (χ1n) is 9.38. The van der Waals surface area contributed by atoms with Crippen molar-refractivity contribution >= 4 is 51.2 Å². The molecule has 0 radical (unpaired) electrons. The van der Waals surface area contributed by atoms with Crippen LogP contribution in [0.2, 0.25) is 0 Å². The van der Waals surface area contributed by atoms with Gasteiger partial charge in [-0.15, -0.1) is 21.5 Å². The average molecular weight is 512 g/mol. The standard InChI is InChI=1S/C22H18BrN5OS2/c1-15-7-12-19(31-15)13-24-25-20(29)14-30-22-27-26-21(16-8-10-17(23)11-9-16)28(22)18-5-3-2-4-6-18/h2-13H,14H2,1H3,(H,25,29)/b24-13-. The van der Waals surface area contributed by atoms with Gasteiger partial charge >= 0.3 is 0 Å². The van der Waals surface area contributed by atoms with E-state index in [1.807, 2.05) is 78.2 Å². The largest absolute Gasteiger partial charge is 0.272 e. The van der Waals surface area contributed by atoms with E-state index in [0.29, 0.717) is 11.0 Å². The van der Waals surface area contributed by atoms with Crippen LogP contribution in [0.4, 0.5) is 0 Å². The van der Waals surface area contributed by atoms with Gasteiger partial charge in [-0.2, -0.15) is 5.10 Å². The smallest absolute Gasteiger partial charge is 0.250 e. The normalized spacial score (nSPS) is 11.2. The highest BCUT2D eigenvalue weighted by atomic mass is 79.9. The molecule has 31 heavy (non-hydrogen) atoms. The van der Waals surface area contributed by atoms with Crippen LogP contribution in [0.1, 0.15) is 9.75 Å². The van der Waals surface area contributed by atoms with Crippen molar-refractivity contribution in [2.45, 2.75) is 12.1 Å². The van der Waals surface area contributed by atoms with Gasteiger partial charge in [0.2, 0.25) is 0 Å². The maximum Gasteiger partial charge on any atom is 0.250 e. The number of carbonyl (C=O) groups excluding carboxylic acids is 1. The predicted molar refractivity (Wildman–Crippen MR) is 130 cm³/mol. The fourth-order valence-corrected chi connectivity index (χ4v) is 4.57. The molecule has 0 unspecified atom stereocenters. The average Bonchev–Trinajstić information content (AvgIpc) is 3.39. The number of thioether (sulfide) groups is 1. The van der Waals surface area contributed by atoms with Crippen molar-refractivity contribution in [3.05, 3.63) is 81.0 Å². The van der Waals surface area contributed by atoms with Crippen molar-refractivity contribution in [1.29, 1.82) is 0 Å². The minimum Gasteiger partial charge on any atom is -0.272 e. The van der Waals surface area contributed by atoms with Crippen LogP contribution in [-0.4, -0.2) is 32.6 Å². The van der Waals surface area contributed by atoms with Gasteiger partial charge in [0.25, 0.3) is 5.91 Å². The lowest BCUT2D eigenvalue weighted by atomic mass is 10.2. The summed E-state index contributed by atoms with van der Waals surface area (Å²) in [6.45, 7) is 2.03. The molecule has 1 amide bonds. The summed E-state index contributed by atoms with van der Waals surface area (Å²) in [6, 6.07) is 21.7. The van der Waals surface area contributed by atoms with E-state index in [0.717, 1.165) is 20.6 Å². The SMILES string of the molecule is Cc1ccc(/C=N\NC(=O)CSc2nnc(-c3ccc(Br)cc3)n2-c2ccccc2)s1. The summed E-state index contributed by atoms with van der Waals surface area (Å²) >= 11 is 6.40. The summed E-state index contributed by atoms with van der Waals surface area (Å²) in [4.78, 5) is 14.5. The van der Waals surface area contributed by atoms with Crippen LogP contribution in [0.3, 0.4) is 0 Å². The topological polar surface area (TPSA) is 72.2 Å². The summed E-state index contributed by atoms with van der Waals surface area (Å²) in [5, 5.41) is 13.4. The molecule has 0 atom stereocenters. The Bertz CT molecular complexity index is 1200. The summed E-state index contributed by atoms with van der Waals surface area (Å²) in [7, 11) is 0. The second-order valence-electron chi connectivity index (χ2n) is 6.51. The van der Waals surface area contributed by atoms with E-state index >= 15 is 0 Å². The van der Waals surface area contributed by atoms with Gasteiger partial charge in [-0.05, 0) is 43.3 Å². The summed E-state index contributed by atoms with van der Waals surface area (Å²) in [5.74, 6) is 0.682. The molecule has 0 saturated heterocycles. The molecule has 4 rings (SSSR count). The molecule has 0 saturated carbocycles. The Hall–Kier alpha value is -2.75. The molecule has 2 aromatic heterocycles. The maximum atomic E-state index is 12.3. The minimum absolute atomic E-state index is 0.173. The number of benzene rings is 2. The van der Waals surface area contributed by atoms with Gasteiger partial charge in [0.1, 0.15) is 0 Å². The zero-order valence-electron chi connectivity index (χ0n) is 16.5. The van der Waals surface area contributed by atoms with Crippen molar-refractivity contribution in [2.24, 2.45) is 5.10 Å². The van der Waals surface area contributed by atoms with Crippen molar-refractivity contribution in [2.75, 3.05) is 5.75 Å². The molecule has 2 heterocycles. The van der Waals surface area contributed by atoms with Gasteiger partial charge in [0.05, 0.1) is 12.0 Å². The number of carbonyl (C=O) groups is 1. The summed E-state index contributed by atoms with van der Waals surface area (Å²) in [6.07, 6.45) is 1.65. The second-order valence-corrected chi connectivity index (χ2v) is 9.69. The third kappa shape index (κ3) is 5.49. The Balaban J connectivity index is 1.50. The van der Waals surface area contributed by atoms with E-state index in [-0.39, 0.29) is 11.7 Å². The van der Waals surface area contributed by atoms with Crippen molar-refractivity contribution in [3.8, 4) is 17.1 Å². The molecule has 0 bridgehead atoms. The van der Waals surface area contributed by atoms with Crippen LogP contribution >= 0.6 is 39.0 Å². The monoisotopic (exact) mass is 511 g/mol. The fraction of sp³-hybridized carbons (Fsp3) is 0.0909. The number of hydrogen-bond donors (Lipinski definition) is 1. The Morgan fingerprint density at radius 1 is 1.13 bits per heavy atom.